The van der Waals surface area contributed by atoms with Crippen LogP contribution in [0.4, 0.5) is 4.39 Å². The Hall–Kier alpha value is -1.17. The van der Waals surface area contributed by atoms with E-state index in [2.05, 4.69) is 17.0 Å². The first-order valence-corrected chi connectivity index (χ1v) is 7.50. The van der Waals surface area contributed by atoms with Crippen molar-refractivity contribution in [1.82, 2.24) is 9.96 Å². The Balaban J connectivity index is 1.78. The van der Waals surface area contributed by atoms with Crippen LogP contribution in [0.25, 0.3) is 0 Å². The fourth-order valence-electron chi connectivity index (χ4n) is 2.57. The van der Waals surface area contributed by atoms with Crippen LogP contribution in [0.3, 0.4) is 0 Å². The molecule has 0 unspecified atom stereocenters. The third-order valence-corrected chi connectivity index (χ3v) is 3.78. The van der Waals surface area contributed by atoms with Crippen LogP contribution < -0.4 is 4.74 Å². The molecule has 2 rings (SSSR count). The second kappa shape index (κ2) is 8.32. The van der Waals surface area contributed by atoms with E-state index in [1.54, 1.807) is 12.2 Å². The number of nitrogens with zero attached hydrogens (tertiary/aromatic N) is 2. The summed E-state index contributed by atoms with van der Waals surface area (Å²) in [6.45, 7) is 3.24. The summed E-state index contributed by atoms with van der Waals surface area (Å²) in [7, 11) is 3.56. The third-order valence-electron chi connectivity index (χ3n) is 3.78. The van der Waals surface area contributed by atoms with Crippen molar-refractivity contribution in [2.45, 2.75) is 25.5 Å². The van der Waals surface area contributed by atoms with Gasteiger partial charge in [0, 0.05) is 33.2 Å². The molecule has 1 atom stereocenters. The summed E-state index contributed by atoms with van der Waals surface area (Å²) in [5.74, 6) is 0.899. The lowest BCUT2D eigenvalue weighted by molar-refractivity contribution is -0.116. The monoisotopic (exact) mass is 296 g/mol. The number of ether oxygens (including phenoxy) is 1. The molecular weight excluding hydrogens is 271 g/mol. The van der Waals surface area contributed by atoms with Crippen molar-refractivity contribution in [2.75, 3.05) is 40.5 Å². The highest BCUT2D eigenvalue weighted by Gasteiger charge is 2.23. The van der Waals surface area contributed by atoms with E-state index in [1.807, 2.05) is 19.2 Å². The summed E-state index contributed by atoms with van der Waals surface area (Å²) in [5, 5.41) is 1.77. The zero-order valence-corrected chi connectivity index (χ0v) is 12.9. The van der Waals surface area contributed by atoms with Gasteiger partial charge in [0.1, 0.15) is 11.9 Å². The Morgan fingerprint density at radius 3 is 2.76 bits per heavy atom. The standard InChI is InChI=1S/C16H25FN2O2/c1-18(20-2)12-14-4-6-15(7-5-14)21-16-8-11-19(13-16)10-3-9-17/h4-7,16H,3,8-13H2,1-2H3/t16-/m0/s1. The lowest BCUT2D eigenvalue weighted by atomic mass is 10.2. The number of hydrogen-bond donors (Lipinski definition) is 0. The molecule has 5 heteroatoms. The number of alkyl halides is 1. The molecule has 0 amide bonds. The average molecular weight is 296 g/mol. The highest BCUT2D eigenvalue weighted by atomic mass is 19.1. The molecule has 0 saturated carbocycles. The van der Waals surface area contributed by atoms with Gasteiger partial charge in [-0.25, -0.2) is 0 Å². The maximum absolute atomic E-state index is 12.2. The van der Waals surface area contributed by atoms with E-state index in [4.69, 9.17) is 9.57 Å². The molecule has 4 nitrogen and oxygen atoms in total. The number of benzene rings is 1. The van der Waals surface area contributed by atoms with Crippen molar-refractivity contribution in [2.24, 2.45) is 0 Å². The molecule has 1 aromatic rings. The van der Waals surface area contributed by atoms with Gasteiger partial charge < -0.3 is 9.57 Å². The van der Waals surface area contributed by atoms with Crippen LogP contribution in [0, 0.1) is 0 Å². The van der Waals surface area contributed by atoms with Gasteiger partial charge in [0.25, 0.3) is 0 Å². The first-order valence-electron chi connectivity index (χ1n) is 7.50. The quantitative estimate of drug-likeness (QED) is 0.688. The van der Waals surface area contributed by atoms with Crippen LogP contribution >= 0.6 is 0 Å². The highest BCUT2D eigenvalue weighted by molar-refractivity contribution is 5.27. The van der Waals surface area contributed by atoms with Gasteiger partial charge in [-0.3, -0.25) is 9.29 Å². The van der Waals surface area contributed by atoms with Gasteiger partial charge in [0.05, 0.1) is 13.8 Å². The van der Waals surface area contributed by atoms with Crippen molar-refractivity contribution in [3.63, 3.8) is 0 Å². The number of likely N-dealkylation sites (tertiary alicyclic amines) is 1. The minimum Gasteiger partial charge on any atom is -0.489 e. The van der Waals surface area contributed by atoms with E-state index >= 15 is 0 Å². The topological polar surface area (TPSA) is 24.9 Å². The lowest BCUT2D eigenvalue weighted by Crippen LogP contribution is -2.26. The zero-order chi connectivity index (χ0) is 15.1. The predicted octanol–water partition coefficient (Wildman–Crippen LogP) is 2.49. The number of rotatable bonds is 8. The number of hydroxylamine groups is 2. The molecule has 118 valence electrons. The molecule has 1 saturated heterocycles. The molecule has 1 heterocycles. The van der Waals surface area contributed by atoms with Gasteiger partial charge in [0.15, 0.2) is 0 Å². The van der Waals surface area contributed by atoms with Crippen LogP contribution in [0.1, 0.15) is 18.4 Å². The van der Waals surface area contributed by atoms with Gasteiger partial charge in [-0.05, 0) is 30.5 Å². The molecule has 0 aromatic heterocycles. The van der Waals surface area contributed by atoms with E-state index in [1.165, 1.54) is 5.56 Å². The summed E-state index contributed by atoms with van der Waals surface area (Å²) < 4.78 is 18.2. The Morgan fingerprint density at radius 1 is 1.33 bits per heavy atom. The molecule has 0 radical (unpaired) electrons. The fourth-order valence-corrected chi connectivity index (χ4v) is 2.57. The van der Waals surface area contributed by atoms with Crippen LogP contribution in [0.2, 0.25) is 0 Å². The average Bonchev–Trinajstić information content (AvgIpc) is 2.94. The maximum atomic E-state index is 12.2. The van der Waals surface area contributed by atoms with Crippen molar-refractivity contribution >= 4 is 0 Å². The molecule has 0 aliphatic carbocycles. The molecule has 1 aliphatic heterocycles. The Morgan fingerprint density at radius 2 is 2.10 bits per heavy atom. The van der Waals surface area contributed by atoms with Gasteiger partial charge in [-0.2, -0.15) is 5.06 Å². The first-order chi connectivity index (χ1) is 10.2. The molecule has 0 spiro atoms. The van der Waals surface area contributed by atoms with Gasteiger partial charge in [0.2, 0.25) is 0 Å². The first kappa shape index (κ1) is 16.2. The van der Waals surface area contributed by atoms with Crippen molar-refractivity contribution in [1.29, 1.82) is 0 Å². The van der Waals surface area contributed by atoms with Crippen molar-refractivity contribution in [3.8, 4) is 5.75 Å². The number of hydrogen-bond acceptors (Lipinski definition) is 4. The molecule has 21 heavy (non-hydrogen) atoms. The Kier molecular flexibility index (Phi) is 6.42. The predicted molar refractivity (Wildman–Crippen MR) is 81.0 cm³/mol. The maximum Gasteiger partial charge on any atom is 0.119 e. The minimum atomic E-state index is -0.237. The largest absolute Gasteiger partial charge is 0.489 e. The molecular formula is C16H25FN2O2. The minimum absolute atomic E-state index is 0.220. The Labute approximate surface area is 126 Å². The van der Waals surface area contributed by atoms with E-state index < -0.39 is 0 Å². The molecule has 1 fully saturated rings. The Bertz CT molecular complexity index is 413. The summed E-state index contributed by atoms with van der Waals surface area (Å²) in [6, 6.07) is 8.12. The third kappa shape index (κ3) is 5.26. The lowest BCUT2D eigenvalue weighted by Gasteiger charge is -2.17. The van der Waals surface area contributed by atoms with Gasteiger partial charge in [-0.15, -0.1) is 0 Å². The van der Waals surface area contributed by atoms with Crippen LogP contribution in [-0.4, -0.2) is 56.5 Å². The van der Waals surface area contributed by atoms with Gasteiger partial charge in [-0.1, -0.05) is 12.1 Å². The molecule has 0 N–H and O–H groups in total. The molecule has 0 bridgehead atoms. The molecule has 1 aromatic carbocycles. The van der Waals surface area contributed by atoms with E-state index in [0.29, 0.717) is 6.42 Å². The summed E-state index contributed by atoms with van der Waals surface area (Å²) in [5.41, 5.74) is 1.18. The van der Waals surface area contributed by atoms with Gasteiger partial charge >= 0.3 is 0 Å². The van der Waals surface area contributed by atoms with E-state index in [0.717, 1.165) is 38.3 Å². The normalized spacial score (nSPS) is 19.3. The zero-order valence-electron chi connectivity index (χ0n) is 12.9. The fraction of sp³-hybridized carbons (Fsp3) is 0.625. The van der Waals surface area contributed by atoms with E-state index in [-0.39, 0.29) is 12.8 Å². The van der Waals surface area contributed by atoms with Crippen LogP contribution in [0.15, 0.2) is 24.3 Å². The SMILES string of the molecule is CON(C)Cc1ccc(O[C@H]2CCN(CCCF)C2)cc1. The summed E-state index contributed by atoms with van der Waals surface area (Å²) >= 11 is 0. The summed E-state index contributed by atoms with van der Waals surface area (Å²) in [6.07, 6.45) is 1.85. The second-order valence-electron chi connectivity index (χ2n) is 5.48. The van der Waals surface area contributed by atoms with Crippen molar-refractivity contribution < 1.29 is 14.0 Å². The smallest absolute Gasteiger partial charge is 0.119 e. The highest BCUT2D eigenvalue weighted by Crippen LogP contribution is 2.19. The molecule has 1 aliphatic rings. The van der Waals surface area contributed by atoms with Crippen LogP contribution in [0.5, 0.6) is 5.75 Å². The van der Waals surface area contributed by atoms with E-state index in [9.17, 15) is 4.39 Å². The van der Waals surface area contributed by atoms with Crippen molar-refractivity contribution in [3.05, 3.63) is 29.8 Å². The van der Waals surface area contributed by atoms with Crippen LogP contribution in [-0.2, 0) is 11.4 Å². The second-order valence-corrected chi connectivity index (χ2v) is 5.48. The number of halogens is 1. The summed E-state index contributed by atoms with van der Waals surface area (Å²) in [4.78, 5) is 7.38.